The first-order valence-corrected chi connectivity index (χ1v) is 7.20. The molecule has 1 aromatic carbocycles. The molecule has 0 saturated heterocycles. The average molecular weight is 304 g/mol. The fraction of sp³-hybridized carbons (Fsp3) is 0.375. The molecule has 0 unspecified atom stereocenters. The molecule has 1 aromatic rings. The molecule has 0 saturated carbocycles. The van der Waals surface area contributed by atoms with Crippen LogP contribution >= 0.6 is 0 Å². The Hall–Kier alpha value is -1.60. The van der Waals surface area contributed by atoms with E-state index in [1.807, 2.05) is 30.3 Å². The van der Waals surface area contributed by atoms with Gasteiger partial charge in [0.25, 0.3) is 0 Å². The van der Waals surface area contributed by atoms with Gasteiger partial charge in [-0.25, -0.2) is 0 Å². The van der Waals surface area contributed by atoms with Crippen molar-refractivity contribution in [2.45, 2.75) is 12.5 Å². The maximum atomic E-state index is 10.1. The van der Waals surface area contributed by atoms with Crippen LogP contribution in [0.5, 0.6) is 5.75 Å². The molecule has 0 spiro atoms. The third-order valence-electron chi connectivity index (χ3n) is 3.43. The number of benzene rings is 1. The summed E-state index contributed by atoms with van der Waals surface area (Å²) in [6, 6.07) is 7.46. The van der Waals surface area contributed by atoms with Crippen molar-refractivity contribution < 1.29 is 24.3 Å². The molecule has 0 aromatic heterocycles. The van der Waals surface area contributed by atoms with Crippen molar-refractivity contribution in [3.05, 3.63) is 53.5 Å². The highest BCUT2D eigenvalue weighted by atomic mass is 16.5. The topological polar surface area (TPSA) is 68.2 Å². The van der Waals surface area contributed by atoms with Gasteiger partial charge in [0.15, 0.2) is 0 Å². The van der Waals surface area contributed by atoms with Crippen LogP contribution in [-0.4, -0.2) is 44.2 Å². The summed E-state index contributed by atoms with van der Waals surface area (Å²) >= 11 is 0. The summed E-state index contributed by atoms with van der Waals surface area (Å²) in [6.07, 6.45) is 2.33. The van der Waals surface area contributed by atoms with Gasteiger partial charge in [-0.1, -0.05) is 24.8 Å². The number of aliphatic hydroxyl groups excluding tert-OH is 1. The Labute approximate surface area is 131 Å². The van der Waals surface area contributed by atoms with E-state index in [0.717, 1.165) is 5.56 Å². The fourth-order valence-corrected chi connectivity index (χ4v) is 2.38. The highest BCUT2D eigenvalue weighted by molar-refractivity contribution is 6.54. The highest BCUT2D eigenvalue weighted by Gasteiger charge is 2.30. The van der Waals surface area contributed by atoms with Gasteiger partial charge in [-0.3, -0.25) is 0 Å². The van der Waals surface area contributed by atoms with Gasteiger partial charge in [0.2, 0.25) is 0 Å². The molecular weight excluding hydrogens is 283 g/mol. The van der Waals surface area contributed by atoms with E-state index >= 15 is 0 Å². The lowest BCUT2D eigenvalue weighted by Gasteiger charge is -2.26. The summed E-state index contributed by atoms with van der Waals surface area (Å²) < 4.78 is 16.1. The summed E-state index contributed by atoms with van der Waals surface area (Å²) in [7, 11) is 0.575. The zero-order chi connectivity index (χ0) is 15.9. The van der Waals surface area contributed by atoms with Crippen molar-refractivity contribution in [1.82, 2.24) is 0 Å². The van der Waals surface area contributed by atoms with E-state index in [1.165, 1.54) is 0 Å². The van der Waals surface area contributed by atoms with E-state index in [0.29, 0.717) is 29.8 Å². The summed E-state index contributed by atoms with van der Waals surface area (Å²) in [5.41, 5.74) is 2.31. The second-order valence-corrected chi connectivity index (χ2v) is 5.05. The van der Waals surface area contributed by atoms with Crippen molar-refractivity contribution in [1.29, 1.82) is 0 Å². The van der Waals surface area contributed by atoms with E-state index in [1.54, 1.807) is 7.11 Å². The van der Waals surface area contributed by atoms with Crippen LogP contribution in [0, 0.1) is 0 Å². The molecule has 0 bridgehead atoms. The quantitative estimate of drug-likeness (QED) is 0.750. The Morgan fingerprint density at radius 3 is 3.00 bits per heavy atom. The predicted octanol–water partition coefficient (Wildman–Crippen LogP) is 1.67. The van der Waals surface area contributed by atoms with Gasteiger partial charge in [0.1, 0.15) is 12.4 Å². The van der Waals surface area contributed by atoms with Crippen LogP contribution in [0.25, 0.3) is 0 Å². The zero-order valence-electron chi connectivity index (χ0n) is 12.7. The molecule has 5 nitrogen and oxygen atoms in total. The minimum Gasteiger partial charge on any atom is -0.491 e. The van der Waals surface area contributed by atoms with E-state index in [4.69, 9.17) is 19.2 Å². The molecule has 2 rings (SSSR count). The molecule has 0 aliphatic carbocycles. The largest absolute Gasteiger partial charge is 0.491 e. The molecular formula is C16H21BO5. The molecule has 6 heteroatoms. The number of hydrogen-bond donors (Lipinski definition) is 2. The van der Waals surface area contributed by atoms with Crippen LogP contribution in [0.3, 0.4) is 0 Å². The molecule has 118 valence electrons. The SMILES string of the molecule is C=C(COC)C1=CC[C@H](c2cccc(OCCO)c2)OB1O. The van der Waals surface area contributed by atoms with Gasteiger partial charge in [-0.2, -0.15) is 0 Å². The molecule has 0 fully saturated rings. The first kappa shape index (κ1) is 16.8. The third-order valence-corrected chi connectivity index (χ3v) is 3.43. The van der Waals surface area contributed by atoms with Crippen LogP contribution < -0.4 is 4.74 Å². The number of hydrogen-bond acceptors (Lipinski definition) is 5. The maximum Gasteiger partial charge on any atom is 0.491 e. The van der Waals surface area contributed by atoms with E-state index in [-0.39, 0.29) is 19.3 Å². The average Bonchev–Trinajstić information content (AvgIpc) is 2.53. The molecule has 22 heavy (non-hydrogen) atoms. The van der Waals surface area contributed by atoms with E-state index in [2.05, 4.69) is 6.58 Å². The molecule has 1 aliphatic heterocycles. The summed E-state index contributed by atoms with van der Waals surface area (Å²) in [5, 5.41) is 18.9. The van der Waals surface area contributed by atoms with Crippen LogP contribution in [0.4, 0.5) is 0 Å². The first-order chi connectivity index (χ1) is 10.7. The second-order valence-electron chi connectivity index (χ2n) is 5.05. The lowest BCUT2D eigenvalue weighted by atomic mass is 9.71. The van der Waals surface area contributed by atoms with Crippen LogP contribution in [0.1, 0.15) is 18.1 Å². The predicted molar refractivity (Wildman–Crippen MR) is 84.5 cm³/mol. The Kier molecular flexibility index (Phi) is 6.21. The van der Waals surface area contributed by atoms with Crippen molar-refractivity contribution in [3.63, 3.8) is 0 Å². The van der Waals surface area contributed by atoms with Gasteiger partial charge >= 0.3 is 7.12 Å². The van der Waals surface area contributed by atoms with Crippen molar-refractivity contribution in [3.8, 4) is 5.75 Å². The van der Waals surface area contributed by atoms with Gasteiger partial charge in [-0.15, -0.1) is 0 Å². The Balaban J connectivity index is 2.07. The molecule has 1 aliphatic rings. The minimum absolute atomic E-state index is 0.0312. The summed E-state index contributed by atoms with van der Waals surface area (Å²) in [4.78, 5) is 0. The Morgan fingerprint density at radius 2 is 2.32 bits per heavy atom. The lowest BCUT2D eigenvalue weighted by Crippen LogP contribution is -2.29. The Bertz CT molecular complexity index is 543. The van der Waals surface area contributed by atoms with Crippen LogP contribution in [0.2, 0.25) is 0 Å². The van der Waals surface area contributed by atoms with Gasteiger partial charge in [-0.05, 0) is 35.2 Å². The zero-order valence-corrected chi connectivity index (χ0v) is 12.7. The monoisotopic (exact) mass is 304 g/mol. The number of methoxy groups -OCH3 is 1. The van der Waals surface area contributed by atoms with Crippen LogP contribution in [-0.2, 0) is 9.39 Å². The number of rotatable bonds is 7. The smallest absolute Gasteiger partial charge is 0.491 e. The van der Waals surface area contributed by atoms with Gasteiger partial charge in [0, 0.05) is 7.11 Å². The summed E-state index contributed by atoms with van der Waals surface area (Å²) in [6.45, 7) is 4.47. The standard InChI is InChI=1S/C16H21BO5/c1-12(11-20-2)15-6-7-16(22-17(15)19)13-4-3-5-14(10-13)21-9-8-18/h3-6,10,16,18-19H,1,7-9,11H2,2H3/t16-/m1/s1. The normalized spacial score (nSPS) is 18.0. The fourth-order valence-electron chi connectivity index (χ4n) is 2.38. The molecule has 0 radical (unpaired) electrons. The molecule has 1 heterocycles. The van der Waals surface area contributed by atoms with Gasteiger partial charge < -0.3 is 24.3 Å². The first-order valence-electron chi connectivity index (χ1n) is 7.20. The second kappa shape index (κ2) is 8.15. The van der Waals surface area contributed by atoms with Crippen molar-refractivity contribution >= 4 is 7.12 Å². The lowest BCUT2D eigenvalue weighted by molar-refractivity contribution is 0.165. The minimum atomic E-state index is -1.01. The van der Waals surface area contributed by atoms with Gasteiger partial charge in [0.05, 0.1) is 19.3 Å². The highest BCUT2D eigenvalue weighted by Crippen LogP contribution is 2.32. The molecule has 1 atom stereocenters. The molecule has 0 amide bonds. The van der Waals surface area contributed by atoms with Crippen LogP contribution in [0.15, 0.2) is 48.0 Å². The van der Waals surface area contributed by atoms with E-state index in [9.17, 15) is 5.02 Å². The number of ether oxygens (including phenoxy) is 2. The Morgan fingerprint density at radius 1 is 1.50 bits per heavy atom. The van der Waals surface area contributed by atoms with Crippen molar-refractivity contribution in [2.24, 2.45) is 0 Å². The molecule has 2 N–H and O–H groups in total. The number of aliphatic hydroxyl groups is 1. The third kappa shape index (κ3) is 4.21. The van der Waals surface area contributed by atoms with E-state index < -0.39 is 7.12 Å². The summed E-state index contributed by atoms with van der Waals surface area (Å²) in [5.74, 6) is 0.670. The van der Waals surface area contributed by atoms with Crippen molar-refractivity contribution in [2.75, 3.05) is 26.9 Å². The maximum absolute atomic E-state index is 10.1.